The Labute approximate surface area is 245 Å². The van der Waals surface area contributed by atoms with E-state index < -0.39 is 34.9 Å². The van der Waals surface area contributed by atoms with Crippen LogP contribution in [0.25, 0.3) is 0 Å². The van der Waals surface area contributed by atoms with Crippen molar-refractivity contribution in [3.8, 4) is 6.07 Å². The summed E-state index contributed by atoms with van der Waals surface area (Å²) < 4.78 is 72.7. The summed E-state index contributed by atoms with van der Waals surface area (Å²) in [6.45, 7) is 1.36. The first-order chi connectivity index (χ1) is 20.3. The van der Waals surface area contributed by atoms with E-state index >= 15 is 0 Å². The Hall–Kier alpha value is -3.85. The van der Waals surface area contributed by atoms with E-state index in [1.165, 1.54) is 17.9 Å². The van der Waals surface area contributed by atoms with Crippen LogP contribution in [-0.2, 0) is 38.1 Å². The van der Waals surface area contributed by atoms with Crippen molar-refractivity contribution >= 4 is 11.6 Å². The van der Waals surface area contributed by atoms with E-state index in [-0.39, 0.29) is 55.2 Å². The molecule has 2 aromatic carbocycles. The number of amides is 1. The molecule has 226 valence electrons. The normalized spacial score (nSPS) is 25.3. The average molecular weight is 599 g/mol. The van der Waals surface area contributed by atoms with Crippen LogP contribution >= 0.6 is 0 Å². The molecule has 1 atom stereocenters. The second-order valence-corrected chi connectivity index (χ2v) is 12.3. The smallest absolute Gasteiger partial charge is 0.321 e. The van der Waals surface area contributed by atoms with Gasteiger partial charge in [-0.15, -0.1) is 10.2 Å². The highest BCUT2D eigenvalue weighted by Crippen LogP contribution is 2.50. The van der Waals surface area contributed by atoms with Gasteiger partial charge in [0.2, 0.25) is 0 Å². The summed E-state index contributed by atoms with van der Waals surface area (Å²) >= 11 is 0. The van der Waals surface area contributed by atoms with E-state index in [0.29, 0.717) is 24.9 Å². The van der Waals surface area contributed by atoms with Gasteiger partial charge in [-0.3, -0.25) is 9.69 Å². The molecular formula is C31H31F5N6O. The second-order valence-electron chi connectivity index (χ2n) is 12.3. The lowest BCUT2D eigenvalue weighted by Gasteiger charge is -2.45. The van der Waals surface area contributed by atoms with Crippen LogP contribution in [0.3, 0.4) is 0 Å². The molecule has 7 nitrogen and oxygen atoms in total. The maximum absolute atomic E-state index is 14.3. The number of rotatable bonds is 6. The van der Waals surface area contributed by atoms with Crippen molar-refractivity contribution in [3.63, 3.8) is 0 Å². The highest BCUT2D eigenvalue weighted by Gasteiger charge is 2.47. The molecule has 3 aliphatic rings. The molecule has 0 radical (unpaired) electrons. The number of carbonyl (C=O) groups is 1. The number of piperidine rings is 1. The highest BCUT2D eigenvalue weighted by molar-refractivity contribution is 6.10. The van der Waals surface area contributed by atoms with Gasteiger partial charge in [0.1, 0.15) is 12.2 Å². The predicted octanol–water partition coefficient (Wildman–Crippen LogP) is 5.89. The van der Waals surface area contributed by atoms with Crippen molar-refractivity contribution in [2.45, 2.75) is 63.2 Å². The molecule has 3 heterocycles. The van der Waals surface area contributed by atoms with Gasteiger partial charge in [0.25, 0.3) is 11.8 Å². The summed E-state index contributed by atoms with van der Waals surface area (Å²) in [5.41, 5.74) is 0.220. The van der Waals surface area contributed by atoms with Gasteiger partial charge >= 0.3 is 6.18 Å². The molecule has 0 N–H and O–H groups in total. The molecule has 6 rings (SSSR count). The third kappa shape index (κ3) is 5.28. The number of anilines is 1. The zero-order chi connectivity index (χ0) is 30.7. The maximum atomic E-state index is 14.3. The van der Waals surface area contributed by atoms with Crippen LogP contribution in [-0.4, -0.2) is 44.6 Å². The second kappa shape index (κ2) is 10.4. The highest BCUT2D eigenvalue weighted by atomic mass is 19.4. The summed E-state index contributed by atoms with van der Waals surface area (Å²) in [6.07, 6.45) is -1.73. The SMILES string of the molecule is C[C@@H]1CN(Cc2cc3c(c(C(F)(F)F)c2)CN(c2cccc([C@]4(Cc5nncn5C)C[C@@H](C#N)C4)c2)C3=O)CCC1(F)F. The number of aromatic nitrogens is 3. The minimum Gasteiger partial charge on any atom is -0.321 e. The van der Waals surface area contributed by atoms with Gasteiger partial charge < -0.3 is 9.47 Å². The summed E-state index contributed by atoms with van der Waals surface area (Å²) in [7, 11) is 1.84. The van der Waals surface area contributed by atoms with E-state index in [4.69, 9.17) is 0 Å². The first-order valence-corrected chi connectivity index (χ1v) is 14.3. The first kappa shape index (κ1) is 29.2. The zero-order valence-corrected chi connectivity index (χ0v) is 23.8. The Bertz CT molecular complexity index is 1600. The molecule has 43 heavy (non-hydrogen) atoms. The number of likely N-dealkylation sites (tertiary alicyclic amines) is 1. The standard InChI is InChI=1S/C31H31F5N6O/c1-19-15-41(7-6-30(19,32)33)16-20-8-24-25(26(9-20)31(34,35)36)17-42(28(24)43)23-5-3-4-22(10-23)29(11-21(12-29)14-37)13-27-39-38-18-40(27)2/h3-5,8-10,18-19,21H,6-7,11-13,15-17H2,1-2H3/t19-,21-,29-/m1/s1. The van der Waals surface area contributed by atoms with Gasteiger partial charge in [0.15, 0.2) is 0 Å². The number of benzene rings is 2. The quantitative estimate of drug-likeness (QED) is 0.331. The van der Waals surface area contributed by atoms with Crippen LogP contribution in [0.1, 0.15) is 64.6 Å². The number of alkyl halides is 5. The fourth-order valence-electron chi connectivity index (χ4n) is 6.82. The number of nitriles is 1. The first-order valence-electron chi connectivity index (χ1n) is 14.3. The van der Waals surface area contributed by atoms with Gasteiger partial charge in [-0.25, -0.2) is 8.78 Å². The summed E-state index contributed by atoms with van der Waals surface area (Å²) in [4.78, 5) is 16.8. The van der Waals surface area contributed by atoms with E-state index in [1.807, 2.05) is 23.7 Å². The monoisotopic (exact) mass is 598 g/mol. The molecule has 0 bridgehead atoms. The van der Waals surface area contributed by atoms with Crippen molar-refractivity contribution in [2.75, 3.05) is 18.0 Å². The molecule has 1 aromatic heterocycles. The van der Waals surface area contributed by atoms with Crippen LogP contribution in [0, 0.1) is 23.2 Å². The Morgan fingerprint density at radius 2 is 1.93 bits per heavy atom. The Morgan fingerprint density at radius 3 is 2.58 bits per heavy atom. The topological polar surface area (TPSA) is 78.1 Å². The van der Waals surface area contributed by atoms with Crippen LogP contribution in [0.5, 0.6) is 0 Å². The van der Waals surface area contributed by atoms with Crippen molar-refractivity contribution in [3.05, 3.63) is 76.4 Å². The van der Waals surface area contributed by atoms with E-state index in [9.17, 15) is 32.0 Å². The number of carbonyl (C=O) groups excluding carboxylic acids is 1. The largest absolute Gasteiger partial charge is 0.416 e. The minimum absolute atomic E-state index is 0.0207. The molecular weight excluding hydrogens is 567 g/mol. The summed E-state index contributed by atoms with van der Waals surface area (Å²) in [5, 5.41) is 17.7. The lowest BCUT2D eigenvalue weighted by atomic mass is 9.57. The summed E-state index contributed by atoms with van der Waals surface area (Å²) in [5.74, 6) is -3.64. The lowest BCUT2D eigenvalue weighted by Crippen LogP contribution is -2.45. The van der Waals surface area contributed by atoms with Gasteiger partial charge in [-0.1, -0.05) is 19.1 Å². The molecule has 2 aliphatic heterocycles. The molecule has 0 spiro atoms. The third-order valence-corrected chi connectivity index (χ3v) is 9.36. The molecule has 2 fully saturated rings. The van der Waals surface area contributed by atoms with Gasteiger partial charge in [0, 0.05) is 68.0 Å². The number of hydrogen-bond donors (Lipinski definition) is 0. The van der Waals surface area contributed by atoms with Crippen molar-refractivity contribution in [1.82, 2.24) is 19.7 Å². The van der Waals surface area contributed by atoms with Crippen LogP contribution in [0.4, 0.5) is 27.6 Å². The zero-order valence-electron chi connectivity index (χ0n) is 23.8. The number of aryl methyl sites for hydroxylation is 1. The van der Waals surface area contributed by atoms with Gasteiger partial charge in [-0.2, -0.15) is 18.4 Å². The minimum atomic E-state index is -4.70. The maximum Gasteiger partial charge on any atom is 0.416 e. The summed E-state index contributed by atoms with van der Waals surface area (Å²) in [6, 6.07) is 12.1. The number of halogens is 5. The molecule has 1 saturated heterocycles. The van der Waals surface area contributed by atoms with Crippen molar-refractivity contribution in [2.24, 2.45) is 18.9 Å². The molecule has 1 amide bonds. The molecule has 1 aliphatic carbocycles. The Morgan fingerprint density at radius 1 is 1.16 bits per heavy atom. The molecule has 1 saturated carbocycles. The number of fused-ring (bicyclic) bond motifs is 1. The van der Waals surface area contributed by atoms with Crippen molar-refractivity contribution in [1.29, 1.82) is 5.26 Å². The average Bonchev–Trinajstić information content (AvgIpc) is 3.49. The van der Waals surface area contributed by atoms with E-state index in [0.717, 1.165) is 17.5 Å². The van der Waals surface area contributed by atoms with Gasteiger partial charge in [0.05, 0.1) is 18.2 Å². The predicted molar refractivity (Wildman–Crippen MR) is 147 cm³/mol. The van der Waals surface area contributed by atoms with Crippen molar-refractivity contribution < 1.29 is 26.7 Å². The van der Waals surface area contributed by atoms with Crippen LogP contribution in [0.15, 0.2) is 42.7 Å². The van der Waals surface area contributed by atoms with Crippen LogP contribution in [0.2, 0.25) is 0 Å². The van der Waals surface area contributed by atoms with Crippen LogP contribution < -0.4 is 4.90 Å². The fourth-order valence-corrected chi connectivity index (χ4v) is 6.82. The van der Waals surface area contributed by atoms with Gasteiger partial charge in [-0.05, 0) is 53.8 Å². The number of nitrogens with zero attached hydrogens (tertiary/aromatic N) is 6. The number of hydrogen-bond acceptors (Lipinski definition) is 5. The van der Waals surface area contributed by atoms with E-state index in [2.05, 4.69) is 16.3 Å². The molecule has 12 heteroatoms. The fraction of sp³-hybridized carbons (Fsp3) is 0.484. The van der Waals surface area contributed by atoms with E-state index in [1.54, 1.807) is 23.4 Å². The lowest BCUT2D eigenvalue weighted by molar-refractivity contribution is -0.138. The third-order valence-electron chi connectivity index (χ3n) is 9.36. The molecule has 0 unspecified atom stereocenters. The Kier molecular flexibility index (Phi) is 7.07. The Balaban J connectivity index is 1.30. The molecule has 3 aromatic rings.